The summed E-state index contributed by atoms with van der Waals surface area (Å²) < 4.78 is 0. The predicted molar refractivity (Wildman–Crippen MR) is 106 cm³/mol. The van der Waals surface area contributed by atoms with Crippen LogP contribution >= 0.6 is 0 Å². The highest BCUT2D eigenvalue weighted by Crippen LogP contribution is 2.37. The monoisotopic (exact) mass is 360 g/mol. The topological polar surface area (TPSA) is 63.1 Å². The van der Waals surface area contributed by atoms with Crippen LogP contribution in [0, 0.1) is 11.3 Å². The minimum absolute atomic E-state index is 0.0390. The fourth-order valence-electron chi connectivity index (χ4n) is 4.30. The number of nitrogens with one attached hydrogen (secondary N) is 1. The molecule has 2 aromatic rings. The van der Waals surface area contributed by atoms with Gasteiger partial charge in [0.2, 0.25) is 0 Å². The van der Waals surface area contributed by atoms with E-state index in [0.29, 0.717) is 11.6 Å². The van der Waals surface area contributed by atoms with E-state index in [4.69, 9.17) is 0 Å². The molecule has 1 fully saturated rings. The molecular formula is C22H24N4O. The van der Waals surface area contributed by atoms with Crippen LogP contribution in [-0.2, 0) is 0 Å². The van der Waals surface area contributed by atoms with Gasteiger partial charge in [-0.25, -0.2) is 0 Å². The summed E-state index contributed by atoms with van der Waals surface area (Å²) in [4.78, 5) is 19.9. The number of aromatic nitrogens is 1. The Morgan fingerprint density at radius 3 is 2.63 bits per heavy atom. The number of carbonyl (C=O) groups excluding carboxylic acids is 1. The van der Waals surface area contributed by atoms with E-state index in [1.165, 1.54) is 12.8 Å². The number of anilines is 1. The molecule has 138 valence electrons. The van der Waals surface area contributed by atoms with E-state index in [0.717, 1.165) is 35.3 Å². The second-order valence-electron chi connectivity index (χ2n) is 7.47. The van der Waals surface area contributed by atoms with Crippen molar-refractivity contribution in [2.24, 2.45) is 0 Å². The molecule has 1 aliphatic heterocycles. The SMILES string of the molecule is CN(C(=O)c1ccc(C2C=Cc3[nH]cc(C#N)c3N2C)cc1)C1CCCC1. The van der Waals surface area contributed by atoms with Crippen LogP contribution in [0.1, 0.15) is 58.9 Å². The van der Waals surface area contributed by atoms with Crippen molar-refractivity contribution in [1.29, 1.82) is 5.26 Å². The van der Waals surface area contributed by atoms with Crippen molar-refractivity contribution in [3.63, 3.8) is 0 Å². The molecule has 1 aromatic heterocycles. The molecule has 4 rings (SSSR count). The second kappa shape index (κ2) is 6.96. The van der Waals surface area contributed by atoms with Crippen LogP contribution in [0.25, 0.3) is 6.08 Å². The number of likely N-dealkylation sites (N-methyl/N-ethyl adjacent to an activating group) is 1. The Kier molecular flexibility index (Phi) is 4.49. The Morgan fingerprint density at radius 1 is 1.26 bits per heavy atom. The number of rotatable bonds is 3. The molecule has 1 N–H and O–H groups in total. The molecular weight excluding hydrogens is 336 g/mol. The van der Waals surface area contributed by atoms with Crippen LogP contribution in [0.5, 0.6) is 0 Å². The average Bonchev–Trinajstić information content (AvgIpc) is 3.37. The molecule has 2 heterocycles. The summed E-state index contributed by atoms with van der Waals surface area (Å²) in [5.74, 6) is 0.0979. The van der Waals surface area contributed by atoms with Crippen molar-refractivity contribution in [2.45, 2.75) is 37.8 Å². The van der Waals surface area contributed by atoms with Crippen LogP contribution in [0.15, 0.2) is 36.5 Å². The zero-order valence-corrected chi connectivity index (χ0v) is 15.8. The number of fused-ring (bicyclic) bond motifs is 1. The van der Waals surface area contributed by atoms with E-state index >= 15 is 0 Å². The molecule has 1 aliphatic carbocycles. The quantitative estimate of drug-likeness (QED) is 0.896. The van der Waals surface area contributed by atoms with Gasteiger partial charge in [-0.15, -0.1) is 0 Å². The fraction of sp³-hybridized carbons (Fsp3) is 0.364. The van der Waals surface area contributed by atoms with Crippen LogP contribution in [0.3, 0.4) is 0 Å². The lowest BCUT2D eigenvalue weighted by Gasteiger charge is -2.31. The Balaban J connectivity index is 1.54. The third-order valence-corrected chi connectivity index (χ3v) is 5.91. The highest BCUT2D eigenvalue weighted by molar-refractivity contribution is 5.94. The maximum atomic E-state index is 12.8. The minimum atomic E-state index is 0.0390. The predicted octanol–water partition coefficient (Wildman–Crippen LogP) is 4.11. The smallest absolute Gasteiger partial charge is 0.253 e. The Labute approximate surface area is 159 Å². The van der Waals surface area contributed by atoms with E-state index in [1.807, 2.05) is 49.3 Å². The van der Waals surface area contributed by atoms with Gasteiger partial charge in [-0.3, -0.25) is 4.79 Å². The zero-order valence-electron chi connectivity index (χ0n) is 15.8. The number of aromatic amines is 1. The summed E-state index contributed by atoms with van der Waals surface area (Å²) in [7, 11) is 3.91. The molecule has 0 spiro atoms. The van der Waals surface area contributed by atoms with E-state index in [1.54, 1.807) is 6.20 Å². The van der Waals surface area contributed by atoms with Crippen LogP contribution in [0.4, 0.5) is 5.69 Å². The zero-order chi connectivity index (χ0) is 19.0. The Hall–Kier alpha value is -3.00. The number of carbonyl (C=O) groups is 1. The van der Waals surface area contributed by atoms with Crippen molar-refractivity contribution in [1.82, 2.24) is 9.88 Å². The van der Waals surface area contributed by atoms with Crippen molar-refractivity contribution >= 4 is 17.7 Å². The third kappa shape index (κ3) is 3.02. The fourth-order valence-corrected chi connectivity index (χ4v) is 4.30. The van der Waals surface area contributed by atoms with E-state index in [2.05, 4.69) is 22.0 Å². The van der Waals surface area contributed by atoms with Gasteiger partial charge >= 0.3 is 0 Å². The highest BCUT2D eigenvalue weighted by atomic mass is 16.2. The molecule has 5 nitrogen and oxygen atoms in total. The molecule has 1 atom stereocenters. The molecule has 1 saturated carbocycles. The number of hydrogen-bond acceptors (Lipinski definition) is 3. The van der Waals surface area contributed by atoms with Gasteiger partial charge in [0.15, 0.2) is 0 Å². The van der Waals surface area contributed by atoms with Crippen LogP contribution in [-0.4, -0.2) is 35.9 Å². The van der Waals surface area contributed by atoms with Gasteiger partial charge in [0.1, 0.15) is 6.07 Å². The average molecular weight is 360 g/mol. The van der Waals surface area contributed by atoms with E-state index in [9.17, 15) is 10.1 Å². The van der Waals surface area contributed by atoms with Gasteiger partial charge in [0.05, 0.1) is 23.0 Å². The second-order valence-corrected chi connectivity index (χ2v) is 7.47. The van der Waals surface area contributed by atoms with E-state index < -0.39 is 0 Å². The summed E-state index contributed by atoms with van der Waals surface area (Å²) in [5.41, 5.74) is 4.36. The number of nitrogens with zero attached hydrogens (tertiary/aromatic N) is 3. The lowest BCUT2D eigenvalue weighted by molar-refractivity contribution is 0.0735. The van der Waals surface area contributed by atoms with Crippen molar-refractivity contribution in [2.75, 3.05) is 19.0 Å². The largest absolute Gasteiger partial charge is 0.361 e. The Morgan fingerprint density at radius 2 is 1.96 bits per heavy atom. The van der Waals surface area contributed by atoms with Gasteiger partial charge < -0.3 is 14.8 Å². The first kappa shape index (κ1) is 17.4. The van der Waals surface area contributed by atoms with Gasteiger partial charge in [-0.1, -0.05) is 31.1 Å². The molecule has 27 heavy (non-hydrogen) atoms. The lowest BCUT2D eigenvalue weighted by atomic mass is 9.98. The number of H-pyrrole nitrogens is 1. The molecule has 1 aromatic carbocycles. The van der Waals surface area contributed by atoms with Crippen molar-refractivity contribution < 1.29 is 4.79 Å². The summed E-state index contributed by atoms with van der Waals surface area (Å²) in [6.07, 6.45) is 10.5. The van der Waals surface area contributed by atoms with Crippen molar-refractivity contribution in [3.8, 4) is 6.07 Å². The summed E-state index contributed by atoms with van der Waals surface area (Å²) in [6.45, 7) is 0. The standard InChI is InChI=1S/C22H24N4O/c1-25(18-5-3-4-6-18)22(27)16-9-7-15(8-10-16)20-12-11-19-21(26(20)2)17(13-23)14-24-19/h7-12,14,18,20,24H,3-6H2,1-2H3. The number of benzene rings is 1. The van der Waals surface area contributed by atoms with Gasteiger partial charge in [0, 0.05) is 31.9 Å². The molecule has 1 unspecified atom stereocenters. The maximum absolute atomic E-state index is 12.8. The minimum Gasteiger partial charge on any atom is -0.361 e. The number of hydrogen-bond donors (Lipinski definition) is 1. The molecule has 0 bridgehead atoms. The Bertz CT molecular complexity index is 913. The number of amides is 1. The van der Waals surface area contributed by atoms with E-state index in [-0.39, 0.29) is 11.9 Å². The lowest BCUT2D eigenvalue weighted by Crippen LogP contribution is -2.35. The highest BCUT2D eigenvalue weighted by Gasteiger charge is 2.26. The summed E-state index contributed by atoms with van der Waals surface area (Å²) in [5, 5.41) is 9.33. The van der Waals surface area contributed by atoms with Gasteiger partial charge in [-0.2, -0.15) is 5.26 Å². The van der Waals surface area contributed by atoms with Gasteiger partial charge in [0.25, 0.3) is 5.91 Å². The first-order valence-corrected chi connectivity index (χ1v) is 9.50. The summed E-state index contributed by atoms with van der Waals surface area (Å²) >= 11 is 0. The molecule has 0 saturated heterocycles. The normalized spacial score (nSPS) is 19.0. The first-order chi connectivity index (χ1) is 13.1. The van der Waals surface area contributed by atoms with Gasteiger partial charge in [-0.05, 0) is 36.6 Å². The van der Waals surface area contributed by atoms with Crippen molar-refractivity contribution in [3.05, 3.63) is 58.9 Å². The molecule has 5 heteroatoms. The summed E-state index contributed by atoms with van der Waals surface area (Å²) in [6, 6.07) is 10.5. The molecule has 1 amide bonds. The molecule has 2 aliphatic rings. The molecule has 0 radical (unpaired) electrons. The van der Waals surface area contributed by atoms with Crippen LogP contribution < -0.4 is 4.90 Å². The maximum Gasteiger partial charge on any atom is 0.253 e. The third-order valence-electron chi connectivity index (χ3n) is 5.91. The van der Waals surface area contributed by atoms with Crippen LogP contribution in [0.2, 0.25) is 0 Å². The number of nitriles is 1. The first-order valence-electron chi connectivity index (χ1n) is 9.50.